The molecule has 0 amide bonds. The van der Waals surface area contributed by atoms with Crippen LogP contribution in [0, 0.1) is 5.92 Å². The molecule has 19 heavy (non-hydrogen) atoms. The number of aliphatic hydroxyl groups is 1. The molecule has 1 saturated carbocycles. The lowest BCUT2D eigenvalue weighted by molar-refractivity contribution is 0.222. The molecule has 6 heteroatoms. The summed E-state index contributed by atoms with van der Waals surface area (Å²) in [5.41, 5.74) is 0.211. The molecule has 104 valence electrons. The molecule has 2 atom stereocenters. The molecule has 1 aliphatic rings. The van der Waals surface area contributed by atoms with Crippen molar-refractivity contribution in [3.05, 3.63) is 34.2 Å². The predicted octanol–water partition coefficient (Wildman–Crippen LogP) is 1.66. The number of hydrogen-bond donors (Lipinski definition) is 2. The number of aliphatic hydroxyl groups excluding tert-OH is 1. The normalized spacial score (nSPS) is 22.4. The van der Waals surface area contributed by atoms with Gasteiger partial charge >= 0.3 is 0 Å². The molecule has 0 spiro atoms. The van der Waals surface area contributed by atoms with Crippen LogP contribution in [0.15, 0.2) is 23.6 Å². The van der Waals surface area contributed by atoms with Crippen LogP contribution in [0.2, 0.25) is 5.02 Å². The standard InChI is InChI=1S/C13H18ClN3O2/c1-2-6-17-13(19)12(14)11(7-15-17)16-10-5-3-4-9(10)8-18/h2,7,9-10,16,18H,1,3-6,8H2. The third kappa shape index (κ3) is 2.98. The fraction of sp³-hybridized carbons (Fsp3) is 0.538. The summed E-state index contributed by atoms with van der Waals surface area (Å²) in [5.74, 6) is 0.215. The van der Waals surface area contributed by atoms with Gasteiger partial charge in [0.1, 0.15) is 5.02 Å². The fourth-order valence-electron chi connectivity index (χ4n) is 2.46. The van der Waals surface area contributed by atoms with Crippen LogP contribution in [0.3, 0.4) is 0 Å². The van der Waals surface area contributed by atoms with Gasteiger partial charge in [0.15, 0.2) is 0 Å². The number of halogens is 1. The van der Waals surface area contributed by atoms with Crippen molar-refractivity contribution in [1.29, 1.82) is 0 Å². The quantitative estimate of drug-likeness (QED) is 0.807. The van der Waals surface area contributed by atoms with Crippen LogP contribution < -0.4 is 10.9 Å². The van der Waals surface area contributed by atoms with E-state index >= 15 is 0 Å². The summed E-state index contributed by atoms with van der Waals surface area (Å²) >= 11 is 6.07. The Hall–Kier alpha value is -1.33. The maximum Gasteiger partial charge on any atom is 0.287 e. The van der Waals surface area contributed by atoms with Crippen molar-refractivity contribution in [2.24, 2.45) is 5.92 Å². The summed E-state index contributed by atoms with van der Waals surface area (Å²) in [6, 6.07) is 0.152. The van der Waals surface area contributed by atoms with Gasteiger partial charge in [-0.05, 0) is 12.8 Å². The molecule has 1 aliphatic carbocycles. The smallest absolute Gasteiger partial charge is 0.287 e. The summed E-state index contributed by atoms with van der Waals surface area (Å²) in [5, 5.41) is 16.7. The second kappa shape index (κ2) is 6.21. The van der Waals surface area contributed by atoms with E-state index in [4.69, 9.17) is 11.6 Å². The zero-order valence-corrected chi connectivity index (χ0v) is 11.4. The largest absolute Gasteiger partial charge is 0.396 e. The lowest BCUT2D eigenvalue weighted by atomic mass is 10.1. The molecule has 0 aromatic carbocycles. The number of hydrogen-bond acceptors (Lipinski definition) is 4. The molecule has 5 nitrogen and oxygen atoms in total. The molecule has 0 bridgehead atoms. The van der Waals surface area contributed by atoms with Crippen molar-refractivity contribution in [1.82, 2.24) is 9.78 Å². The Bertz CT molecular complexity index is 515. The van der Waals surface area contributed by atoms with E-state index < -0.39 is 0 Å². The van der Waals surface area contributed by atoms with Crippen LogP contribution >= 0.6 is 11.6 Å². The van der Waals surface area contributed by atoms with Crippen molar-refractivity contribution in [3.63, 3.8) is 0 Å². The first kappa shape index (κ1) is 14.1. The number of rotatable bonds is 5. The van der Waals surface area contributed by atoms with Gasteiger partial charge in [-0.1, -0.05) is 24.1 Å². The molecule has 2 N–H and O–H groups in total. The zero-order valence-electron chi connectivity index (χ0n) is 10.7. The molecule has 2 rings (SSSR count). The van der Waals surface area contributed by atoms with Crippen LogP contribution in [0.4, 0.5) is 5.69 Å². The van der Waals surface area contributed by atoms with Crippen LogP contribution in [-0.4, -0.2) is 27.5 Å². The first-order valence-corrected chi connectivity index (χ1v) is 6.79. The molecule has 0 saturated heterocycles. The Kier molecular flexibility index (Phi) is 4.61. The SMILES string of the molecule is C=CCn1ncc(NC2CCCC2CO)c(Cl)c1=O. The van der Waals surface area contributed by atoms with Gasteiger partial charge in [0.2, 0.25) is 0 Å². The van der Waals surface area contributed by atoms with E-state index in [-0.39, 0.29) is 29.1 Å². The maximum atomic E-state index is 11.9. The van der Waals surface area contributed by atoms with Gasteiger partial charge in [-0.2, -0.15) is 5.10 Å². The highest BCUT2D eigenvalue weighted by atomic mass is 35.5. The van der Waals surface area contributed by atoms with Crippen molar-refractivity contribution < 1.29 is 5.11 Å². The number of anilines is 1. The predicted molar refractivity (Wildman–Crippen MR) is 75.5 cm³/mol. The summed E-state index contributed by atoms with van der Waals surface area (Å²) in [7, 11) is 0. The minimum atomic E-state index is -0.329. The maximum absolute atomic E-state index is 11.9. The van der Waals surface area contributed by atoms with Crippen molar-refractivity contribution in [2.45, 2.75) is 31.8 Å². The fourth-order valence-corrected chi connectivity index (χ4v) is 2.66. The highest BCUT2D eigenvalue weighted by molar-refractivity contribution is 6.32. The third-order valence-corrected chi connectivity index (χ3v) is 3.89. The van der Waals surface area contributed by atoms with Gasteiger partial charge in [0.25, 0.3) is 5.56 Å². The van der Waals surface area contributed by atoms with Gasteiger partial charge in [0, 0.05) is 18.6 Å². The number of nitrogens with one attached hydrogen (secondary N) is 1. The van der Waals surface area contributed by atoms with Crippen LogP contribution in [0.1, 0.15) is 19.3 Å². The first-order chi connectivity index (χ1) is 9.17. The molecular weight excluding hydrogens is 266 g/mol. The van der Waals surface area contributed by atoms with Crippen molar-refractivity contribution >= 4 is 17.3 Å². The second-order valence-electron chi connectivity index (χ2n) is 4.77. The van der Waals surface area contributed by atoms with Crippen molar-refractivity contribution in [3.8, 4) is 0 Å². The zero-order chi connectivity index (χ0) is 13.8. The van der Waals surface area contributed by atoms with E-state index in [0.717, 1.165) is 19.3 Å². The Labute approximate surface area is 116 Å². The van der Waals surface area contributed by atoms with E-state index in [1.807, 2.05) is 0 Å². The van der Waals surface area contributed by atoms with Crippen LogP contribution in [0.5, 0.6) is 0 Å². The number of nitrogens with zero attached hydrogens (tertiary/aromatic N) is 2. The molecular formula is C13H18ClN3O2. The van der Waals surface area contributed by atoms with Crippen LogP contribution in [0.25, 0.3) is 0 Å². The van der Waals surface area contributed by atoms with Crippen molar-refractivity contribution in [2.75, 3.05) is 11.9 Å². The topological polar surface area (TPSA) is 67.2 Å². The van der Waals surface area contributed by atoms with Gasteiger partial charge in [-0.25, -0.2) is 4.68 Å². The molecule has 1 fully saturated rings. The molecule has 1 aromatic rings. The van der Waals surface area contributed by atoms with Gasteiger partial charge in [-0.3, -0.25) is 4.79 Å². The Morgan fingerprint density at radius 1 is 1.63 bits per heavy atom. The highest BCUT2D eigenvalue weighted by Crippen LogP contribution is 2.29. The molecule has 0 radical (unpaired) electrons. The average molecular weight is 284 g/mol. The number of aromatic nitrogens is 2. The lowest BCUT2D eigenvalue weighted by Gasteiger charge is -2.20. The Balaban J connectivity index is 2.19. The summed E-state index contributed by atoms with van der Waals surface area (Å²) < 4.78 is 1.26. The monoisotopic (exact) mass is 283 g/mol. The summed E-state index contributed by atoms with van der Waals surface area (Å²) in [6.07, 6.45) is 6.18. The molecule has 0 aliphatic heterocycles. The Morgan fingerprint density at radius 3 is 3.11 bits per heavy atom. The minimum absolute atomic E-state index is 0.139. The Morgan fingerprint density at radius 2 is 2.42 bits per heavy atom. The average Bonchev–Trinajstić information content (AvgIpc) is 2.86. The highest BCUT2D eigenvalue weighted by Gasteiger charge is 2.27. The lowest BCUT2D eigenvalue weighted by Crippen LogP contribution is -2.29. The van der Waals surface area contributed by atoms with Gasteiger partial charge < -0.3 is 10.4 Å². The molecule has 1 aromatic heterocycles. The molecule has 2 unspecified atom stereocenters. The molecule has 1 heterocycles. The van der Waals surface area contributed by atoms with E-state index in [1.165, 1.54) is 4.68 Å². The van der Waals surface area contributed by atoms with Gasteiger partial charge in [-0.15, -0.1) is 6.58 Å². The second-order valence-corrected chi connectivity index (χ2v) is 5.15. The van der Waals surface area contributed by atoms with E-state index in [9.17, 15) is 9.90 Å². The van der Waals surface area contributed by atoms with Crippen LogP contribution in [-0.2, 0) is 6.54 Å². The third-order valence-electron chi connectivity index (χ3n) is 3.52. The number of allylic oxidation sites excluding steroid dienone is 1. The minimum Gasteiger partial charge on any atom is -0.396 e. The first-order valence-electron chi connectivity index (χ1n) is 6.41. The summed E-state index contributed by atoms with van der Waals surface area (Å²) in [6.45, 7) is 4.05. The van der Waals surface area contributed by atoms with E-state index in [0.29, 0.717) is 12.2 Å². The van der Waals surface area contributed by atoms with E-state index in [2.05, 4.69) is 17.0 Å². The van der Waals surface area contributed by atoms with E-state index in [1.54, 1.807) is 12.3 Å². The summed E-state index contributed by atoms with van der Waals surface area (Å²) in [4.78, 5) is 11.9. The van der Waals surface area contributed by atoms with Gasteiger partial charge in [0.05, 0.1) is 18.4 Å².